The lowest BCUT2D eigenvalue weighted by molar-refractivity contribution is 0.627. The molecular weight excluding hydrogens is 343 g/mol. The van der Waals surface area contributed by atoms with Gasteiger partial charge in [0.2, 0.25) is 0 Å². The van der Waals surface area contributed by atoms with Gasteiger partial charge in [-0.2, -0.15) is 5.10 Å². The van der Waals surface area contributed by atoms with E-state index in [1.807, 2.05) is 12.1 Å². The summed E-state index contributed by atoms with van der Waals surface area (Å²) >= 11 is 5.88. The number of fused-ring (bicyclic) bond motifs is 1. The fourth-order valence-corrected chi connectivity index (χ4v) is 2.74. The quantitative estimate of drug-likeness (QED) is 0.566. The molecule has 0 spiro atoms. The Morgan fingerprint density at radius 2 is 1.76 bits per heavy atom. The third kappa shape index (κ3) is 2.92. The summed E-state index contributed by atoms with van der Waals surface area (Å²) in [6, 6.07) is 13.1. The number of halogens is 2. The van der Waals surface area contributed by atoms with E-state index in [-0.39, 0.29) is 11.4 Å². The summed E-state index contributed by atoms with van der Waals surface area (Å²) < 4.78 is 16.1. The Morgan fingerprint density at radius 1 is 1.04 bits per heavy atom. The van der Waals surface area contributed by atoms with Crippen LogP contribution in [0.1, 0.15) is 5.56 Å². The molecule has 7 heteroatoms. The van der Waals surface area contributed by atoms with Crippen molar-refractivity contribution in [3.63, 3.8) is 0 Å². The SMILES string of the molecule is O=c1c2cnn(-c3ccc(F)cc3)c2ncn1Cc1ccc(Cl)cc1. The predicted octanol–water partition coefficient (Wildman–Crippen LogP) is 3.42. The van der Waals surface area contributed by atoms with Crippen LogP contribution in [0.25, 0.3) is 16.7 Å². The zero-order valence-corrected chi connectivity index (χ0v) is 13.7. The van der Waals surface area contributed by atoms with E-state index < -0.39 is 0 Å². The first kappa shape index (κ1) is 15.5. The van der Waals surface area contributed by atoms with E-state index in [0.717, 1.165) is 5.56 Å². The van der Waals surface area contributed by atoms with E-state index in [0.29, 0.717) is 28.3 Å². The van der Waals surface area contributed by atoms with E-state index in [2.05, 4.69) is 10.1 Å². The smallest absolute Gasteiger partial charge is 0.264 e. The van der Waals surface area contributed by atoms with Crippen molar-refractivity contribution in [1.29, 1.82) is 0 Å². The molecule has 0 amide bonds. The highest BCUT2D eigenvalue weighted by molar-refractivity contribution is 6.30. The number of hydrogen-bond acceptors (Lipinski definition) is 3. The zero-order valence-electron chi connectivity index (χ0n) is 12.9. The lowest BCUT2D eigenvalue weighted by Gasteiger charge is -2.07. The Bertz CT molecular complexity index is 1100. The molecule has 0 unspecified atom stereocenters. The number of aromatic nitrogens is 4. The van der Waals surface area contributed by atoms with Crippen molar-refractivity contribution in [2.75, 3.05) is 0 Å². The fraction of sp³-hybridized carbons (Fsp3) is 0.0556. The van der Waals surface area contributed by atoms with Crippen molar-refractivity contribution in [2.24, 2.45) is 0 Å². The Morgan fingerprint density at radius 3 is 2.48 bits per heavy atom. The van der Waals surface area contributed by atoms with Gasteiger partial charge < -0.3 is 0 Å². The summed E-state index contributed by atoms with van der Waals surface area (Å²) in [7, 11) is 0. The first-order valence-corrected chi connectivity index (χ1v) is 7.93. The summed E-state index contributed by atoms with van der Waals surface area (Å²) in [4.78, 5) is 17.0. The van der Waals surface area contributed by atoms with Crippen molar-refractivity contribution < 1.29 is 4.39 Å². The number of benzene rings is 2. The average molecular weight is 355 g/mol. The molecule has 0 atom stereocenters. The minimum atomic E-state index is -0.335. The van der Waals surface area contributed by atoms with Crippen molar-refractivity contribution >= 4 is 22.6 Å². The van der Waals surface area contributed by atoms with Crippen LogP contribution >= 0.6 is 11.6 Å². The molecule has 124 valence electrons. The lowest BCUT2D eigenvalue weighted by Crippen LogP contribution is -2.21. The fourth-order valence-electron chi connectivity index (χ4n) is 2.62. The van der Waals surface area contributed by atoms with Gasteiger partial charge in [0.1, 0.15) is 17.5 Å². The van der Waals surface area contributed by atoms with Gasteiger partial charge in [-0.25, -0.2) is 14.1 Å². The normalized spacial score (nSPS) is 11.1. The molecule has 25 heavy (non-hydrogen) atoms. The van der Waals surface area contributed by atoms with Crippen molar-refractivity contribution in [2.45, 2.75) is 6.54 Å². The molecule has 0 aliphatic carbocycles. The standard InChI is InChI=1S/C18H12ClFN4O/c19-13-3-1-12(2-4-13)10-23-11-21-17-16(18(23)25)9-22-24(17)15-7-5-14(20)6-8-15/h1-9,11H,10H2. The Kier molecular flexibility index (Phi) is 3.82. The molecular formula is C18H12ClFN4O. The van der Waals surface area contributed by atoms with Gasteiger partial charge in [0, 0.05) is 5.02 Å². The molecule has 2 aromatic carbocycles. The van der Waals surface area contributed by atoms with Crippen molar-refractivity contribution in [3.05, 3.63) is 87.8 Å². The van der Waals surface area contributed by atoms with E-state index in [4.69, 9.17) is 11.6 Å². The molecule has 0 aliphatic heterocycles. The highest BCUT2D eigenvalue weighted by atomic mass is 35.5. The van der Waals surface area contributed by atoms with E-state index in [1.165, 1.54) is 33.9 Å². The maximum absolute atomic E-state index is 13.1. The van der Waals surface area contributed by atoms with Gasteiger partial charge in [-0.1, -0.05) is 23.7 Å². The van der Waals surface area contributed by atoms with Crippen LogP contribution in [0.15, 0.2) is 65.8 Å². The van der Waals surface area contributed by atoms with Crippen LogP contribution in [0.3, 0.4) is 0 Å². The first-order valence-electron chi connectivity index (χ1n) is 7.55. The molecule has 5 nitrogen and oxygen atoms in total. The molecule has 2 heterocycles. The summed E-state index contributed by atoms with van der Waals surface area (Å²) in [5.41, 5.74) is 1.83. The van der Waals surface area contributed by atoms with Gasteiger partial charge >= 0.3 is 0 Å². The summed E-state index contributed by atoms with van der Waals surface area (Å²) in [6.07, 6.45) is 2.97. The second-order valence-electron chi connectivity index (χ2n) is 5.57. The maximum Gasteiger partial charge on any atom is 0.264 e. The van der Waals surface area contributed by atoms with E-state index in [1.54, 1.807) is 24.3 Å². The number of nitrogens with zero attached hydrogens (tertiary/aromatic N) is 4. The van der Waals surface area contributed by atoms with Crippen molar-refractivity contribution in [1.82, 2.24) is 19.3 Å². The monoisotopic (exact) mass is 354 g/mol. The highest BCUT2D eigenvalue weighted by Crippen LogP contribution is 2.15. The van der Waals surface area contributed by atoms with Crippen LogP contribution in [-0.4, -0.2) is 19.3 Å². The lowest BCUT2D eigenvalue weighted by atomic mass is 10.2. The van der Waals surface area contributed by atoms with Gasteiger partial charge in [0.05, 0.1) is 18.4 Å². The highest BCUT2D eigenvalue weighted by Gasteiger charge is 2.11. The van der Waals surface area contributed by atoms with E-state index >= 15 is 0 Å². The predicted molar refractivity (Wildman–Crippen MR) is 93.6 cm³/mol. The zero-order chi connectivity index (χ0) is 17.4. The van der Waals surface area contributed by atoms with Gasteiger partial charge in [-0.3, -0.25) is 9.36 Å². The molecule has 0 fully saturated rings. The van der Waals surface area contributed by atoms with Crippen molar-refractivity contribution in [3.8, 4) is 5.69 Å². The van der Waals surface area contributed by atoms with Gasteiger partial charge in [0.15, 0.2) is 5.65 Å². The molecule has 4 aromatic rings. The van der Waals surface area contributed by atoms with Crippen LogP contribution < -0.4 is 5.56 Å². The average Bonchev–Trinajstić information content (AvgIpc) is 3.05. The van der Waals surface area contributed by atoms with Crippen LogP contribution in [0, 0.1) is 5.82 Å². The Balaban J connectivity index is 1.75. The summed E-state index contributed by atoms with van der Waals surface area (Å²) in [5.74, 6) is -0.335. The minimum Gasteiger partial charge on any atom is -0.294 e. The molecule has 0 radical (unpaired) electrons. The van der Waals surface area contributed by atoms with Crippen LogP contribution in [-0.2, 0) is 6.54 Å². The third-order valence-electron chi connectivity index (χ3n) is 3.89. The molecule has 0 aliphatic rings. The molecule has 0 N–H and O–H groups in total. The second kappa shape index (κ2) is 6.14. The van der Waals surface area contributed by atoms with Crippen LogP contribution in [0.2, 0.25) is 5.02 Å². The Labute approximate surface area is 146 Å². The van der Waals surface area contributed by atoms with Gasteiger partial charge in [-0.05, 0) is 42.0 Å². The van der Waals surface area contributed by atoms with Gasteiger partial charge in [-0.15, -0.1) is 0 Å². The maximum atomic E-state index is 13.1. The first-order chi connectivity index (χ1) is 12.1. The second-order valence-corrected chi connectivity index (χ2v) is 6.01. The third-order valence-corrected chi connectivity index (χ3v) is 4.14. The molecule has 2 aromatic heterocycles. The molecule has 4 rings (SSSR count). The number of rotatable bonds is 3. The molecule has 0 saturated heterocycles. The Hall–Kier alpha value is -2.99. The van der Waals surface area contributed by atoms with Crippen LogP contribution in [0.4, 0.5) is 4.39 Å². The van der Waals surface area contributed by atoms with Gasteiger partial charge in [0.25, 0.3) is 5.56 Å². The molecule has 0 saturated carbocycles. The topological polar surface area (TPSA) is 52.7 Å². The molecule has 0 bridgehead atoms. The minimum absolute atomic E-state index is 0.187. The summed E-state index contributed by atoms with van der Waals surface area (Å²) in [5, 5.41) is 5.26. The largest absolute Gasteiger partial charge is 0.294 e. The number of hydrogen-bond donors (Lipinski definition) is 0. The van der Waals surface area contributed by atoms with Crippen LogP contribution in [0.5, 0.6) is 0 Å². The summed E-state index contributed by atoms with van der Waals surface area (Å²) in [6.45, 7) is 0.390. The van der Waals surface area contributed by atoms with E-state index in [9.17, 15) is 9.18 Å².